The minimum atomic E-state index is 0.715. The fraction of sp³-hybridized carbons (Fsp3) is 0. The molecule has 13 rings (SSSR count). The van der Waals surface area contributed by atoms with Gasteiger partial charge < -0.3 is 18.0 Å². The molecule has 6 nitrogen and oxygen atoms in total. The van der Waals surface area contributed by atoms with Crippen molar-refractivity contribution >= 4 is 99.0 Å². The highest BCUT2D eigenvalue weighted by Crippen LogP contribution is 2.43. The van der Waals surface area contributed by atoms with Gasteiger partial charge in [-0.3, -0.25) is 0 Å². The number of aromatic nitrogens is 4. The Morgan fingerprint density at radius 3 is 1.42 bits per heavy atom. The number of hydrogen-bond acceptors (Lipinski definition) is 5. The maximum absolute atomic E-state index is 6.33. The molecule has 0 atom stereocenters. The fourth-order valence-electron chi connectivity index (χ4n) is 9.11. The number of benzene rings is 8. The molecule has 0 N–H and O–H groups in total. The van der Waals surface area contributed by atoms with E-state index in [1.807, 2.05) is 24.3 Å². The van der Waals surface area contributed by atoms with Crippen LogP contribution in [0.1, 0.15) is 0 Å². The largest absolute Gasteiger partial charge is 0.456 e. The third kappa shape index (κ3) is 4.34. The van der Waals surface area contributed by atoms with Gasteiger partial charge in [0.2, 0.25) is 0 Å². The summed E-state index contributed by atoms with van der Waals surface area (Å²) >= 11 is 1.45. The molecule has 0 amide bonds. The zero-order chi connectivity index (χ0) is 37.2. The van der Waals surface area contributed by atoms with Crippen LogP contribution in [0.3, 0.4) is 0 Å². The second-order valence-electron chi connectivity index (χ2n) is 14.6. The third-order valence-electron chi connectivity index (χ3n) is 11.5. The molecule has 7 heteroatoms. The van der Waals surface area contributed by atoms with E-state index < -0.39 is 0 Å². The molecular weight excluding hydrogens is 721 g/mol. The third-order valence-corrected chi connectivity index (χ3v) is 12.3. The lowest BCUT2D eigenvalue weighted by Gasteiger charge is -2.08. The van der Waals surface area contributed by atoms with Gasteiger partial charge in [-0.2, -0.15) is 4.37 Å². The number of nitrogens with zero attached hydrogens (tertiary/aromatic N) is 4. The van der Waals surface area contributed by atoms with Crippen molar-refractivity contribution in [3.8, 4) is 33.3 Å². The summed E-state index contributed by atoms with van der Waals surface area (Å²) in [5.41, 5.74) is 12.1. The van der Waals surface area contributed by atoms with Crippen LogP contribution in [-0.2, 0) is 0 Å². The van der Waals surface area contributed by atoms with Gasteiger partial charge in [-0.15, -0.1) is 0 Å². The molecule has 5 aromatic heterocycles. The van der Waals surface area contributed by atoms with Crippen LogP contribution in [0.5, 0.6) is 0 Å². The maximum Gasteiger partial charge on any atom is 0.174 e. The van der Waals surface area contributed by atoms with Crippen LogP contribution >= 0.6 is 11.5 Å². The predicted octanol–water partition coefficient (Wildman–Crippen LogP) is 13.9. The van der Waals surface area contributed by atoms with E-state index in [0.29, 0.717) is 5.82 Å². The van der Waals surface area contributed by atoms with Gasteiger partial charge in [0.05, 0.1) is 22.1 Å². The summed E-state index contributed by atoms with van der Waals surface area (Å²) < 4.78 is 22.4. The molecule has 0 saturated heterocycles. The zero-order valence-electron chi connectivity index (χ0n) is 30.2. The molecule has 0 bridgehead atoms. The van der Waals surface area contributed by atoms with Gasteiger partial charge in [0, 0.05) is 77.7 Å². The number of para-hydroxylation sites is 4. The van der Waals surface area contributed by atoms with E-state index in [1.165, 1.54) is 11.5 Å². The van der Waals surface area contributed by atoms with Gasteiger partial charge in [-0.1, -0.05) is 97.1 Å². The monoisotopic (exact) mass is 748 g/mol. The smallest absolute Gasteiger partial charge is 0.174 e. The molecule has 5 heterocycles. The van der Waals surface area contributed by atoms with Crippen LogP contribution in [0.4, 0.5) is 0 Å². The van der Waals surface area contributed by atoms with Crippen molar-refractivity contribution in [2.45, 2.75) is 0 Å². The Balaban J connectivity index is 0.977. The zero-order valence-corrected chi connectivity index (χ0v) is 31.0. The normalized spacial score (nSPS) is 12.2. The molecule has 8 aromatic carbocycles. The summed E-state index contributed by atoms with van der Waals surface area (Å²) in [5.74, 6) is 0.715. The topological polar surface area (TPSA) is 61.9 Å². The van der Waals surface area contributed by atoms with Gasteiger partial charge >= 0.3 is 0 Å². The molecule has 0 saturated carbocycles. The highest BCUT2D eigenvalue weighted by atomic mass is 32.1. The Hall–Kier alpha value is -7.48. The average molecular weight is 749 g/mol. The molecule has 0 aliphatic rings. The first-order valence-electron chi connectivity index (χ1n) is 19.0. The van der Waals surface area contributed by atoms with Gasteiger partial charge in [-0.05, 0) is 72.2 Å². The van der Waals surface area contributed by atoms with E-state index in [4.69, 9.17) is 18.2 Å². The molecule has 57 heavy (non-hydrogen) atoms. The average Bonchev–Trinajstić information content (AvgIpc) is 4.09. The van der Waals surface area contributed by atoms with Crippen molar-refractivity contribution in [1.82, 2.24) is 18.5 Å². The fourth-order valence-corrected chi connectivity index (χ4v) is 9.82. The van der Waals surface area contributed by atoms with E-state index in [9.17, 15) is 0 Å². The summed E-state index contributed by atoms with van der Waals surface area (Å²) in [5, 5.41) is 9.94. The second kappa shape index (κ2) is 11.5. The van der Waals surface area contributed by atoms with Crippen LogP contribution in [0, 0.1) is 0 Å². The molecule has 0 unspecified atom stereocenters. The van der Waals surface area contributed by atoms with Gasteiger partial charge in [0.1, 0.15) is 27.3 Å². The van der Waals surface area contributed by atoms with Crippen molar-refractivity contribution in [3.63, 3.8) is 0 Å². The summed E-state index contributed by atoms with van der Waals surface area (Å²) in [7, 11) is 0. The molecule has 0 fully saturated rings. The highest BCUT2D eigenvalue weighted by Gasteiger charge is 2.22. The van der Waals surface area contributed by atoms with Gasteiger partial charge in [-0.25, -0.2) is 4.98 Å². The Morgan fingerprint density at radius 2 is 0.842 bits per heavy atom. The number of furan rings is 2. The summed E-state index contributed by atoms with van der Waals surface area (Å²) in [6, 6.07) is 59.6. The van der Waals surface area contributed by atoms with Crippen LogP contribution in [0.15, 0.2) is 179 Å². The highest BCUT2D eigenvalue weighted by molar-refractivity contribution is 7.09. The second-order valence-corrected chi connectivity index (χ2v) is 15.3. The Morgan fingerprint density at radius 1 is 0.386 bits per heavy atom. The first-order valence-corrected chi connectivity index (χ1v) is 19.8. The van der Waals surface area contributed by atoms with Gasteiger partial charge in [0.25, 0.3) is 0 Å². The molecular formula is C50H28N4O2S. The van der Waals surface area contributed by atoms with Crippen LogP contribution in [-0.4, -0.2) is 18.5 Å². The molecule has 0 aliphatic heterocycles. The Bertz CT molecular complexity index is 3540. The van der Waals surface area contributed by atoms with E-state index in [1.54, 1.807) is 0 Å². The summed E-state index contributed by atoms with van der Waals surface area (Å²) in [6.07, 6.45) is 0. The summed E-state index contributed by atoms with van der Waals surface area (Å²) in [4.78, 5) is 5.32. The Kier molecular flexibility index (Phi) is 6.23. The minimum absolute atomic E-state index is 0.715. The lowest BCUT2D eigenvalue weighted by atomic mass is 10.1. The van der Waals surface area contributed by atoms with Crippen molar-refractivity contribution in [2.75, 3.05) is 0 Å². The lowest BCUT2D eigenvalue weighted by molar-refractivity contribution is 0.668. The first-order chi connectivity index (χ1) is 28.3. The van der Waals surface area contributed by atoms with Crippen LogP contribution < -0.4 is 0 Å². The van der Waals surface area contributed by atoms with Crippen LogP contribution in [0.2, 0.25) is 0 Å². The van der Waals surface area contributed by atoms with Crippen molar-refractivity contribution in [2.24, 2.45) is 0 Å². The standard InChI is InChI=1S/C50H28N4O2S/c1-5-17-39-35(13-1)47-37(15-9-19-41(47)53(39)29-23-25-33-31-11-3-7-21-43(31)55-45(33)27-29)49-51-50(57-52-49)38-16-10-20-42-48(38)36-14-2-6-18-40(36)54(42)30-24-26-34-32-12-4-8-22-44(32)56-46(34)28-30/h1-28H. The van der Waals surface area contributed by atoms with E-state index >= 15 is 0 Å². The predicted molar refractivity (Wildman–Crippen MR) is 234 cm³/mol. The number of rotatable bonds is 4. The quantitative estimate of drug-likeness (QED) is 0.180. The van der Waals surface area contributed by atoms with Crippen molar-refractivity contribution in [1.29, 1.82) is 0 Å². The molecule has 266 valence electrons. The van der Waals surface area contributed by atoms with Crippen LogP contribution in [0.25, 0.3) is 121 Å². The summed E-state index contributed by atoms with van der Waals surface area (Å²) in [6.45, 7) is 0. The SMILES string of the molecule is c1ccc2c(c1)oc1cc(-n3c4ccccc4c4c(-c5nsc(-c6cccc7c6c6ccccc6n7-c6ccc7c(c6)oc6ccccc67)n5)cccc43)ccc12. The van der Waals surface area contributed by atoms with Crippen molar-refractivity contribution < 1.29 is 8.83 Å². The first kappa shape index (κ1) is 30.8. The van der Waals surface area contributed by atoms with Gasteiger partial charge in [0.15, 0.2) is 5.82 Å². The van der Waals surface area contributed by atoms with E-state index in [-0.39, 0.29) is 0 Å². The van der Waals surface area contributed by atoms with E-state index in [0.717, 1.165) is 115 Å². The minimum Gasteiger partial charge on any atom is -0.456 e. The number of fused-ring (bicyclic) bond motifs is 12. The molecule has 0 aliphatic carbocycles. The van der Waals surface area contributed by atoms with Crippen molar-refractivity contribution in [3.05, 3.63) is 170 Å². The molecule has 0 spiro atoms. The number of hydrogen-bond donors (Lipinski definition) is 0. The lowest BCUT2D eigenvalue weighted by Crippen LogP contribution is -1.93. The molecule has 13 aromatic rings. The molecule has 0 radical (unpaired) electrons. The van der Waals surface area contributed by atoms with E-state index in [2.05, 4.69) is 155 Å². The maximum atomic E-state index is 6.33. The Labute approximate surface area is 328 Å².